The van der Waals surface area contributed by atoms with Crippen molar-refractivity contribution < 1.29 is 32.0 Å². The van der Waals surface area contributed by atoms with E-state index in [2.05, 4.69) is 15.6 Å². The molecule has 1 aliphatic rings. The van der Waals surface area contributed by atoms with Crippen LogP contribution >= 0.6 is 23.2 Å². The second-order valence-corrected chi connectivity index (χ2v) is 10.2. The Morgan fingerprint density at radius 1 is 1.02 bits per heavy atom. The Hall–Kier alpha value is -4.15. The number of alkyl halides is 3. The van der Waals surface area contributed by atoms with E-state index in [-0.39, 0.29) is 18.9 Å². The number of amides is 1. The summed E-state index contributed by atoms with van der Waals surface area (Å²) in [6.07, 6.45) is -4.28. The lowest BCUT2D eigenvalue weighted by molar-refractivity contribution is -0.275. The molecule has 6 nitrogen and oxygen atoms in total. The van der Waals surface area contributed by atoms with Gasteiger partial charge >= 0.3 is 6.18 Å². The van der Waals surface area contributed by atoms with Crippen LogP contribution in [0.3, 0.4) is 0 Å². The van der Waals surface area contributed by atoms with Crippen LogP contribution in [0.5, 0.6) is 0 Å². The van der Waals surface area contributed by atoms with E-state index in [1.54, 1.807) is 24.3 Å². The molecule has 1 atom stereocenters. The third-order valence-corrected chi connectivity index (χ3v) is 7.24. The molecular formula is C30H21Cl2F4N3O3. The predicted molar refractivity (Wildman–Crippen MR) is 152 cm³/mol. The molecule has 1 aliphatic heterocycles. The highest BCUT2D eigenvalue weighted by Crippen LogP contribution is 2.50. The second kappa shape index (κ2) is 12.0. The van der Waals surface area contributed by atoms with Crippen molar-refractivity contribution in [2.24, 2.45) is 10.3 Å². The number of halogens is 6. The molecule has 12 heteroatoms. The molecule has 0 aromatic heterocycles. The summed E-state index contributed by atoms with van der Waals surface area (Å²) in [7, 11) is 0. The number of carbonyl (C=O) groups is 1. The van der Waals surface area contributed by atoms with Crippen LogP contribution in [0.2, 0.25) is 10.0 Å². The molecule has 4 aromatic rings. The normalized spacial score (nSPS) is 16.9. The van der Waals surface area contributed by atoms with Crippen molar-refractivity contribution in [3.8, 4) is 0 Å². The van der Waals surface area contributed by atoms with Crippen molar-refractivity contribution in [2.45, 2.75) is 24.8 Å². The summed E-state index contributed by atoms with van der Waals surface area (Å²) in [6, 6.07) is 20.9. The molecule has 0 spiro atoms. The topological polar surface area (TPSA) is 72.3 Å². The van der Waals surface area contributed by atoms with Crippen LogP contribution in [0.15, 0.2) is 89.2 Å². The summed E-state index contributed by atoms with van der Waals surface area (Å²) >= 11 is 11.6. The first-order chi connectivity index (χ1) is 20.1. The van der Waals surface area contributed by atoms with Gasteiger partial charge in [0.15, 0.2) is 5.82 Å². The SMILES string of the molecule is O=C(NC/C=N/OCc1ccccc1)c1ccc(C2=NOC(c3cc(Cl)c(F)c(Cl)c3)(C(F)(F)F)C2)c2ccccc12. The first-order valence-corrected chi connectivity index (χ1v) is 13.3. The minimum Gasteiger partial charge on any atom is -0.391 e. The van der Waals surface area contributed by atoms with Crippen molar-refractivity contribution in [2.75, 3.05) is 6.54 Å². The molecule has 1 heterocycles. The molecule has 216 valence electrons. The molecule has 0 bridgehead atoms. The van der Waals surface area contributed by atoms with E-state index in [1.165, 1.54) is 18.3 Å². The van der Waals surface area contributed by atoms with Crippen molar-refractivity contribution in [3.63, 3.8) is 0 Å². The van der Waals surface area contributed by atoms with E-state index in [9.17, 15) is 22.4 Å². The molecule has 0 aliphatic carbocycles. The Morgan fingerprint density at radius 3 is 2.38 bits per heavy atom. The molecule has 0 fully saturated rings. The maximum absolute atomic E-state index is 14.5. The van der Waals surface area contributed by atoms with Gasteiger partial charge < -0.3 is 15.0 Å². The number of nitrogens with zero attached hydrogens (tertiary/aromatic N) is 2. The van der Waals surface area contributed by atoms with Crippen molar-refractivity contribution in [1.82, 2.24) is 5.32 Å². The smallest absolute Gasteiger partial charge is 0.391 e. The lowest BCUT2D eigenvalue weighted by atomic mass is 9.85. The fourth-order valence-corrected chi connectivity index (χ4v) is 5.08. The lowest BCUT2D eigenvalue weighted by Gasteiger charge is -2.29. The van der Waals surface area contributed by atoms with Crippen molar-refractivity contribution in [3.05, 3.63) is 117 Å². The fourth-order valence-electron chi connectivity index (χ4n) is 4.60. The van der Waals surface area contributed by atoms with Gasteiger partial charge in [-0.25, -0.2) is 4.39 Å². The number of nitrogens with one attached hydrogen (secondary N) is 1. The largest absolute Gasteiger partial charge is 0.435 e. The zero-order valence-electron chi connectivity index (χ0n) is 21.6. The summed E-state index contributed by atoms with van der Waals surface area (Å²) in [4.78, 5) is 23.3. The van der Waals surface area contributed by atoms with Crippen LogP contribution in [0, 0.1) is 5.82 Å². The average molecular weight is 618 g/mol. The van der Waals surface area contributed by atoms with Gasteiger partial charge in [0.2, 0.25) is 0 Å². The Kier molecular flexibility index (Phi) is 8.38. The van der Waals surface area contributed by atoms with Crippen LogP contribution in [0.1, 0.15) is 33.5 Å². The van der Waals surface area contributed by atoms with Crippen LogP contribution in [-0.4, -0.2) is 30.6 Å². The highest BCUT2D eigenvalue weighted by molar-refractivity contribution is 6.35. The molecule has 0 radical (unpaired) electrons. The zero-order chi connectivity index (χ0) is 29.9. The quantitative estimate of drug-likeness (QED) is 0.0949. The van der Waals surface area contributed by atoms with Crippen LogP contribution in [-0.2, 0) is 21.9 Å². The van der Waals surface area contributed by atoms with Crippen molar-refractivity contribution >= 4 is 51.8 Å². The molecule has 1 unspecified atom stereocenters. The highest BCUT2D eigenvalue weighted by Gasteiger charge is 2.62. The van der Waals surface area contributed by atoms with Crippen LogP contribution < -0.4 is 5.32 Å². The molecule has 1 N–H and O–H groups in total. The zero-order valence-corrected chi connectivity index (χ0v) is 23.1. The monoisotopic (exact) mass is 617 g/mol. The molecule has 0 saturated carbocycles. The summed E-state index contributed by atoms with van der Waals surface area (Å²) < 4.78 is 57.4. The van der Waals surface area contributed by atoms with E-state index < -0.39 is 45.5 Å². The van der Waals surface area contributed by atoms with Gasteiger partial charge in [-0.15, -0.1) is 0 Å². The maximum atomic E-state index is 14.5. The maximum Gasteiger partial charge on any atom is 0.435 e. The Balaban J connectivity index is 1.35. The number of fused-ring (bicyclic) bond motifs is 1. The number of hydrogen-bond donors (Lipinski definition) is 1. The number of oxime groups is 2. The first kappa shape index (κ1) is 29.3. The van der Waals surface area contributed by atoms with Gasteiger partial charge in [0, 0.05) is 23.1 Å². The van der Waals surface area contributed by atoms with Crippen LogP contribution in [0.25, 0.3) is 10.8 Å². The molecule has 5 rings (SSSR count). The third-order valence-electron chi connectivity index (χ3n) is 6.69. The van der Waals surface area contributed by atoms with Gasteiger partial charge in [-0.1, -0.05) is 94.2 Å². The van der Waals surface area contributed by atoms with E-state index in [1.807, 2.05) is 30.3 Å². The Bertz CT molecular complexity index is 1670. The van der Waals surface area contributed by atoms with E-state index in [4.69, 9.17) is 32.9 Å². The summed E-state index contributed by atoms with van der Waals surface area (Å²) in [5, 5.41) is 10.2. The number of benzene rings is 4. The van der Waals surface area contributed by atoms with Gasteiger partial charge in [0.05, 0.1) is 28.5 Å². The summed E-state index contributed by atoms with van der Waals surface area (Å²) in [5.41, 5.74) is -1.87. The highest BCUT2D eigenvalue weighted by atomic mass is 35.5. The molecule has 1 amide bonds. The summed E-state index contributed by atoms with van der Waals surface area (Å²) in [5.74, 6) is -1.46. The molecular weight excluding hydrogens is 597 g/mol. The minimum absolute atomic E-state index is 0.0187. The number of carbonyl (C=O) groups excluding carboxylic acids is 1. The average Bonchev–Trinajstić information content (AvgIpc) is 3.44. The molecule has 4 aromatic carbocycles. The lowest BCUT2D eigenvalue weighted by Crippen LogP contribution is -2.42. The van der Waals surface area contributed by atoms with Crippen molar-refractivity contribution in [1.29, 1.82) is 0 Å². The van der Waals surface area contributed by atoms with Gasteiger partial charge in [-0.05, 0) is 34.5 Å². The fraction of sp³-hybridized carbons (Fsp3) is 0.167. The Morgan fingerprint density at radius 2 is 1.69 bits per heavy atom. The van der Waals surface area contributed by atoms with Gasteiger partial charge in [0.1, 0.15) is 6.61 Å². The minimum atomic E-state index is -4.95. The van der Waals surface area contributed by atoms with Gasteiger partial charge in [0.25, 0.3) is 11.5 Å². The molecule has 42 heavy (non-hydrogen) atoms. The van der Waals surface area contributed by atoms with Crippen LogP contribution in [0.4, 0.5) is 17.6 Å². The van der Waals surface area contributed by atoms with E-state index >= 15 is 0 Å². The number of hydrogen-bond acceptors (Lipinski definition) is 5. The van der Waals surface area contributed by atoms with Gasteiger partial charge in [-0.3, -0.25) is 4.79 Å². The predicted octanol–water partition coefficient (Wildman–Crippen LogP) is 7.80. The van der Waals surface area contributed by atoms with Gasteiger partial charge in [-0.2, -0.15) is 13.2 Å². The number of rotatable bonds is 8. The summed E-state index contributed by atoms with van der Waals surface area (Å²) in [6.45, 7) is 0.364. The van der Waals surface area contributed by atoms with E-state index in [0.29, 0.717) is 21.9 Å². The standard InChI is InChI=1S/C30H21Cl2F4N3O3/c31-24-14-19(15-25(32)27(24)33)29(30(34,35)36)16-26(39-42-29)22-10-11-23(21-9-5-4-8-20(21)22)28(40)37-12-13-38-41-17-18-6-2-1-3-7-18/h1-11,13-15H,12,16-17H2,(H,37,40)/b38-13+. The van der Waals surface area contributed by atoms with E-state index in [0.717, 1.165) is 17.7 Å². The third kappa shape index (κ3) is 5.77. The first-order valence-electron chi connectivity index (χ1n) is 12.6. The second-order valence-electron chi connectivity index (χ2n) is 9.35. The molecule has 0 saturated heterocycles. The Labute approximate surface area is 247 Å².